The van der Waals surface area contributed by atoms with E-state index in [2.05, 4.69) is 9.88 Å². The molecule has 17 heavy (non-hydrogen) atoms. The van der Waals surface area contributed by atoms with Crippen LogP contribution in [0, 0.1) is 0 Å². The third-order valence-electron chi connectivity index (χ3n) is 2.81. The minimum atomic E-state index is -0.774. The summed E-state index contributed by atoms with van der Waals surface area (Å²) in [6.07, 6.45) is 1.81. The summed E-state index contributed by atoms with van der Waals surface area (Å²) >= 11 is 1.63. The summed E-state index contributed by atoms with van der Waals surface area (Å²) in [7, 11) is 0. The summed E-state index contributed by atoms with van der Waals surface area (Å²) in [5.74, 6) is 0.0243. The zero-order valence-electron chi connectivity index (χ0n) is 10.2. The highest BCUT2D eigenvalue weighted by atomic mass is 32.1. The average Bonchev–Trinajstić information content (AvgIpc) is 2.80. The molecule has 6 heteroatoms. The molecule has 1 aromatic rings. The number of hydrogen-bond acceptors (Lipinski definition) is 5. The lowest BCUT2D eigenvalue weighted by atomic mass is 10.1. The molecule has 2 N–H and O–H groups in total. The van der Waals surface area contributed by atoms with E-state index in [4.69, 9.17) is 5.73 Å². The van der Waals surface area contributed by atoms with Crippen LogP contribution in [-0.4, -0.2) is 47.5 Å². The van der Waals surface area contributed by atoms with Crippen molar-refractivity contribution in [1.29, 1.82) is 0 Å². The first-order valence-corrected chi connectivity index (χ1v) is 6.59. The number of carbonyl (C=O) groups is 1. The second-order valence-corrected chi connectivity index (χ2v) is 5.69. The van der Waals surface area contributed by atoms with E-state index in [0.29, 0.717) is 0 Å². The first-order chi connectivity index (χ1) is 7.98. The molecule has 5 nitrogen and oxygen atoms in total. The molecule has 1 amide bonds. The lowest BCUT2D eigenvalue weighted by Gasteiger charge is -2.37. The predicted molar refractivity (Wildman–Crippen MR) is 69.2 cm³/mol. The average molecular weight is 254 g/mol. The van der Waals surface area contributed by atoms with Crippen LogP contribution in [0.4, 0.5) is 5.13 Å². The lowest BCUT2D eigenvalue weighted by molar-refractivity contribution is -0.136. The summed E-state index contributed by atoms with van der Waals surface area (Å²) in [4.78, 5) is 20.3. The van der Waals surface area contributed by atoms with Gasteiger partial charge in [0.15, 0.2) is 5.13 Å². The van der Waals surface area contributed by atoms with Gasteiger partial charge in [-0.1, -0.05) is 0 Å². The number of amides is 1. The van der Waals surface area contributed by atoms with Gasteiger partial charge in [0.05, 0.1) is 5.54 Å². The van der Waals surface area contributed by atoms with Crippen LogP contribution in [0.1, 0.15) is 13.8 Å². The first kappa shape index (κ1) is 12.3. The van der Waals surface area contributed by atoms with Gasteiger partial charge in [0.1, 0.15) is 0 Å². The zero-order valence-corrected chi connectivity index (χ0v) is 11.0. The van der Waals surface area contributed by atoms with E-state index in [0.717, 1.165) is 31.3 Å². The third-order valence-corrected chi connectivity index (χ3v) is 3.64. The minimum Gasteiger partial charge on any atom is -0.345 e. The van der Waals surface area contributed by atoms with Crippen LogP contribution in [0.15, 0.2) is 11.6 Å². The quantitative estimate of drug-likeness (QED) is 0.836. The molecule has 0 atom stereocenters. The van der Waals surface area contributed by atoms with E-state index in [-0.39, 0.29) is 5.91 Å². The summed E-state index contributed by atoms with van der Waals surface area (Å²) in [5.41, 5.74) is 5.05. The second-order valence-electron chi connectivity index (χ2n) is 4.82. The molecule has 1 aliphatic heterocycles. The Morgan fingerprint density at radius 1 is 1.41 bits per heavy atom. The smallest absolute Gasteiger partial charge is 0.242 e. The van der Waals surface area contributed by atoms with Crippen molar-refractivity contribution in [3.8, 4) is 0 Å². The Hall–Kier alpha value is -1.14. The van der Waals surface area contributed by atoms with Gasteiger partial charge in [-0.25, -0.2) is 4.98 Å². The van der Waals surface area contributed by atoms with E-state index in [1.807, 2.05) is 10.3 Å². The van der Waals surface area contributed by atoms with Gasteiger partial charge in [0.2, 0.25) is 5.91 Å². The highest BCUT2D eigenvalue weighted by Gasteiger charge is 2.30. The van der Waals surface area contributed by atoms with Crippen molar-refractivity contribution < 1.29 is 4.79 Å². The number of hydrogen-bond donors (Lipinski definition) is 1. The van der Waals surface area contributed by atoms with Gasteiger partial charge in [0.25, 0.3) is 0 Å². The molecule has 0 aromatic carbocycles. The summed E-state index contributed by atoms with van der Waals surface area (Å²) < 4.78 is 0. The van der Waals surface area contributed by atoms with Crippen molar-refractivity contribution in [1.82, 2.24) is 9.88 Å². The monoisotopic (exact) mass is 254 g/mol. The number of carbonyl (C=O) groups excluding carboxylic acids is 1. The van der Waals surface area contributed by atoms with Crippen LogP contribution < -0.4 is 10.6 Å². The van der Waals surface area contributed by atoms with Crippen LogP contribution in [-0.2, 0) is 4.79 Å². The van der Waals surface area contributed by atoms with Crippen LogP contribution in [0.25, 0.3) is 0 Å². The first-order valence-electron chi connectivity index (χ1n) is 5.71. The van der Waals surface area contributed by atoms with Gasteiger partial charge < -0.3 is 15.5 Å². The van der Waals surface area contributed by atoms with Gasteiger partial charge in [-0.3, -0.25) is 4.79 Å². The van der Waals surface area contributed by atoms with Crippen molar-refractivity contribution in [2.75, 3.05) is 31.1 Å². The summed E-state index contributed by atoms with van der Waals surface area (Å²) in [6.45, 7) is 6.60. The van der Waals surface area contributed by atoms with E-state index in [1.165, 1.54) is 0 Å². The maximum atomic E-state index is 12.0. The Bertz CT molecular complexity index is 377. The van der Waals surface area contributed by atoms with Crippen molar-refractivity contribution in [2.24, 2.45) is 5.73 Å². The molecule has 0 bridgehead atoms. The normalized spacial score (nSPS) is 17.4. The molecule has 0 unspecified atom stereocenters. The van der Waals surface area contributed by atoms with Crippen LogP contribution >= 0.6 is 11.3 Å². The van der Waals surface area contributed by atoms with Crippen LogP contribution in [0.3, 0.4) is 0 Å². The topological polar surface area (TPSA) is 62.5 Å². The Morgan fingerprint density at radius 2 is 2.06 bits per heavy atom. The Balaban J connectivity index is 1.93. The number of thiazole rings is 1. The molecule has 0 aliphatic carbocycles. The van der Waals surface area contributed by atoms with E-state index < -0.39 is 5.54 Å². The van der Waals surface area contributed by atoms with Gasteiger partial charge in [-0.2, -0.15) is 0 Å². The molecule has 0 spiro atoms. The fourth-order valence-electron chi connectivity index (χ4n) is 1.88. The number of nitrogens with two attached hydrogens (primary N) is 1. The maximum absolute atomic E-state index is 12.0. The molecular formula is C11H18N4OS. The molecule has 0 saturated carbocycles. The SMILES string of the molecule is CC(C)(N)C(=O)N1CCN(c2nccs2)CC1. The van der Waals surface area contributed by atoms with Crippen molar-refractivity contribution in [3.05, 3.63) is 11.6 Å². The van der Waals surface area contributed by atoms with E-state index in [1.54, 1.807) is 31.4 Å². The largest absolute Gasteiger partial charge is 0.345 e. The fourth-order valence-corrected chi connectivity index (χ4v) is 2.58. The van der Waals surface area contributed by atoms with Crippen LogP contribution in [0.5, 0.6) is 0 Å². The van der Waals surface area contributed by atoms with Gasteiger partial charge in [-0.05, 0) is 13.8 Å². The zero-order chi connectivity index (χ0) is 12.5. The Kier molecular flexibility index (Phi) is 3.35. The molecule has 2 rings (SSSR count). The molecular weight excluding hydrogens is 236 g/mol. The third kappa shape index (κ3) is 2.76. The summed E-state index contributed by atoms with van der Waals surface area (Å²) in [6, 6.07) is 0. The van der Waals surface area contributed by atoms with Crippen molar-refractivity contribution in [3.63, 3.8) is 0 Å². The number of nitrogens with zero attached hydrogens (tertiary/aromatic N) is 3. The number of rotatable bonds is 2. The van der Waals surface area contributed by atoms with Crippen molar-refractivity contribution >= 4 is 22.4 Å². The van der Waals surface area contributed by atoms with E-state index in [9.17, 15) is 4.79 Å². The molecule has 1 saturated heterocycles. The number of aromatic nitrogens is 1. The highest BCUT2D eigenvalue weighted by Crippen LogP contribution is 2.19. The number of piperazine rings is 1. The van der Waals surface area contributed by atoms with Gasteiger partial charge in [-0.15, -0.1) is 11.3 Å². The summed E-state index contributed by atoms with van der Waals surface area (Å²) in [5, 5.41) is 3.00. The molecule has 94 valence electrons. The second kappa shape index (κ2) is 4.62. The lowest BCUT2D eigenvalue weighted by Crippen LogP contribution is -2.57. The highest BCUT2D eigenvalue weighted by molar-refractivity contribution is 7.13. The Morgan fingerprint density at radius 3 is 2.53 bits per heavy atom. The van der Waals surface area contributed by atoms with Crippen LogP contribution in [0.2, 0.25) is 0 Å². The van der Waals surface area contributed by atoms with Gasteiger partial charge >= 0.3 is 0 Å². The maximum Gasteiger partial charge on any atom is 0.242 e. The Labute approximate surface area is 105 Å². The molecule has 1 aromatic heterocycles. The molecule has 1 fully saturated rings. The number of anilines is 1. The standard InChI is InChI=1S/C11H18N4OS/c1-11(2,12)9(16)14-4-6-15(7-5-14)10-13-3-8-17-10/h3,8H,4-7,12H2,1-2H3. The van der Waals surface area contributed by atoms with E-state index >= 15 is 0 Å². The molecule has 2 heterocycles. The van der Waals surface area contributed by atoms with Crippen molar-refractivity contribution in [2.45, 2.75) is 19.4 Å². The minimum absolute atomic E-state index is 0.0243. The molecule has 1 aliphatic rings. The predicted octanol–water partition coefficient (Wildman–Crippen LogP) is 0.529. The molecule has 0 radical (unpaired) electrons. The fraction of sp³-hybridized carbons (Fsp3) is 0.636. The van der Waals surface area contributed by atoms with Gasteiger partial charge in [0, 0.05) is 37.8 Å².